The van der Waals surface area contributed by atoms with Gasteiger partial charge in [-0.3, -0.25) is 0 Å². The molecule has 0 saturated heterocycles. The third-order valence-electron chi connectivity index (χ3n) is 0.618. The van der Waals surface area contributed by atoms with Gasteiger partial charge >= 0.3 is 5.97 Å². The summed E-state index contributed by atoms with van der Waals surface area (Å²) in [5.74, 6) is -0.447. The number of ether oxygens (including phenoxy) is 1. The number of esters is 1. The summed E-state index contributed by atoms with van der Waals surface area (Å²) in [5.41, 5.74) is -0.211. The zero-order chi connectivity index (χ0) is 7.44. The third-order valence-corrected chi connectivity index (χ3v) is 0.707. The number of carbonyl (C=O) groups is 1. The summed E-state index contributed by atoms with van der Waals surface area (Å²) in [6, 6.07) is 0. The topological polar surface area (TPSA) is 61.3 Å². The molecule has 0 aliphatic rings. The normalized spacial score (nSPS) is 11.1. The molecule has 0 rings (SSSR count). The molecular formula is C6H12ClNO2. The number of carbonyl (C=O) groups excluding carboxylic acids is 1. The Labute approximate surface area is 65.6 Å². The minimum Gasteiger partial charge on any atom is -0.443 e. The molecule has 0 spiro atoms. The van der Waals surface area contributed by atoms with Crippen LogP contribution in [0.2, 0.25) is 0 Å². The lowest BCUT2D eigenvalue weighted by molar-refractivity contribution is -0.140. The SMILES string of the molecule is C=C(C)C(=O)OC(C)Cl.N. The van der Waals surface area contributed by atoms with Crippen molar-refractivity contribution in [1.29, 1.82) is 0 Å². The maximum absolute atomic E-state index is 10.5. The molecule has 0 saturated carbocycles. The predicted octanol–water partition coefficient (Wildman–Crippen LogP) is 1.85. The van der Waals surface area contributed by atoms with E-state index in [1.807, 2.05) is 0 Å². The first-order valence-electron chi connectivity index (χ1n) is 2.54. The van der Waals surface area contributed by atoms with Gasteiger partial charge in [-0.15, -0.1) is 0 Å². The van der Waals surface area contributed by atoms with E-state index in [1.165, 1.54) is 0 Å². The molecule has 60 valence electrons. The highest BCUT2D eigenvalue weighted by Gasteiger charge is 2.05. The number of rotatable bonds is 2. The fraction of sp³-hybridized carbons (Fsp3) is 0.500. The summed E-state index contributed by atoms with van der Waals surface area (Å²) in [4.78, 5) is 10.5. The van der Waals surface area contributed by atoms with Crippen molar-refractivity contribution in [2.75, 3.05) is 0 Å². The maximum Gasteiger partial charge on any atom is 0.334 e. The van der Waals surface area contributed by atoms with E-state index in [4.69, 9.17) is 11.6 Å². The lowest BCUT2D eigenvalue weighted by Crippen LogP contribution is -2.09. The van der Waals surface area contributed by atoms with Crippen molar-refractivity contribution in [3.63, 3.8) is 0 Å². The van der Waals surface area contributed by atoms with Gasteiger partial charge in [0, 0.05) is 5.57 Å². The summed E-state index contributed by atoms with van der Waals surface area (Å²) in [7, 11) is 0. The van der Waals surface area contributed by atoms with Gasteiger partial charge in [-0.05, 0) is 13.8 Å². The Morgan fingerprint density at radius 1 is 1.70 bits per heavy atom. The van der Waals surface area contributed by atoms with E-state index < -0.39 is 11.5 Å². The van der Waals surface area contributed by atoms with Gasteiger partial charge in [-0.2, -0.15) is 0 Å². The van der Waals surface area contributed by atoms with Gasteiger partial charge in [-0.1, -0.05) is 18.2 Å². The highest BCUT2D eigenvalue weighted by Crippen LogP contribution is 2.00. The molecule has 10 heavy (non-hydrogen) atoms. The summed E-state index contributed by atoms with van der Waals surface area (Å²) in [5, 5.41) is 0. The van der Waals surface area contributed by atoms with Crippen molar-refractivity contribution >= 4 is 17.6 Å². The van der Waals surface area contributed by atoms with Crippen LogP contribution in [0.5, 0.6) is 0 Å². The Hall–Kier alpha value is -0.540. The molecule has 0 aromatic heterocycles. The van der Waals surface area contributed by atoms with Crippen molar-refractivity contribution in [3.8, 4) is 0 Å². The Balaban J connectivity index is 0. The molecule has 0 amide bonds. The molecule has 0 aromatic carbocycles. The van der Waals surface area contributed by atoms with Gasteiger partial charge in [0.05, 0.1) is 0 Å². The second kappa shape index (κ2) is 5.26. The Bertz CT molecular complexity index is 134. The first kappa shape index (κ1) is 12.2. The third kappa shape index (κ3) is 5.59. The van der Waals surface area contributed by atoms with Crippen molar-refractivity contribution < 1.29 is 9.53 Å². The molecule has 4 heteroatoms. The van der Waals surface area contributed by atoms with Crippen molar-refractivity contribution in [1.82, 2.24) is 6.15 Å². The largest absolute Gasteiger partial charge is 0.443 e. The lowest BCUT2D eigenvalue weighted by atomic mass is 10.4. The highest BCUT2D eigenvalue weighted by molar-refractivity contribution is 6.20. The van der Waals surface area contributed by atoms with Gasteiger partial charge < -0.3 is 10.9 Å². The molecule has 3 N–H and O–H groups in total. The fourth-order valence-electron chi connectivity index (χ4n) is 0.248. The lowest BCUT2D eigenvalue weighted by Gasteiger charge is -2.03. The standard InChI is InChI=1S/C6H9ClO2.H3N/c1-4(2)6(8)9-5(3)7;/h5H,1H2,2-3H3;1H3. The highest BCUT2D eigenvalue weighted by atomic mass is 35.5. The monoisotopic (exact) mass is 165 g/mol. The number of alkyl halides is 1. The van der Waals surface area contributed by atoms with Crippen LogP contribution in [-0.4, -0.2) is 11.5 Å². The quantitative estimate of drug-likeness (QED) is 0.386. The number of hydrogen-bond donors (Lipinski definition) is 1. The van der Waals surface area contributed by atoms with Crippen LogP contribution in [0.15, 0.2) is 12.2 Å². The molecule has 0 aromatic rings. The van der Waals surface area contributed by atoms with Gasteiger partial charge in [0.15, 0.2) is 5.56 Å². The van der Waals surface area contributed by atoms with E-state index in [0.29, 0.717) is 5.57 Å². The molecule has 0 radical (unpaired) electrons. The van der Waals surface area contributed by atoms with Crippen LogP contribution in [0.3, 0.4) is 0 Å². The maximum atomic E-state index is 10.5. The summed E-state index contributed by atoms with van der Waals surface area (Å²) in [6.45, 7) is 6.52. The molecule has 3 nitrogen and oxygen atoms in total. The second-order valence-corrected chi connectivity index (χ2v) is 2.34. The first-order chi connectivity index (χ1) is 4.04. The summed E-state index contributed by atoms with van der Waals surface area (Å²) >= 11 is 5.33. The van der Waals surface area contributed by atoms with E-state index in [2.05, 4.69) is 11.3 Å². The molecule has 0 aliphatic carbocycles. The fourth-order valence-corrected chi connectivity index (χ4v) is 0.329. The van der Waals surface area contributed by atoms with Crippen LogP contribution in [0.25, 0.3) is 0 Å². The minimum absolute atomic E-state index is 0. The molecule has 0 aliphatic heterocycles. The summed E-state index contributed by atoms with van der Waals surface area (Å²) in [6.07, 6.45) is 0. The minimum atomic E-state index is -0.575. The number of halogens is 1. The van der Waals surface area contributed by atoms with Crippen molar-refractivity contribution in [2.24, 2.45) is 0 Å². The van der Waals surface area contributed by atoms with Crippen LogP contribution in [0, 0.1) is 0 Å². The van der Waals surface area contributed by atoms with Gasteiger partial charge in [0.2, 0.25) is 0 Å². The van der Waals surface area contributed by atoms with Crippen molar-refractivity contribution in [2.45, 2.75) is 19.4 Å². The zero-order valence-electron chi connectivity index (χ0n) is 6.19. The molecule has 1 atom stereocenters. The van der Waals surface area contributed by atoms with Crippen LogP contribution >= 0.6 is 11.6 Å². The van der Waals surface area contributed by atoms with E-state index in [-0.39, 0.29) is 6.15 Å². The van der Waals surface area contributed by atoms with Crippen LogP contribution in [0.4, 0.5) is 0 Å². The van der Waals surface area contributed by atoms with Crippen LogP contribution < -0.4 is 6.15 Å². The molecule has 1 unspecified atom stereocenters. The molecule has 0 heterocycles. The first-order valence-corrected chi connectivity index (χ1v) is 2.98. The van der Waals surface area contributed by atoms with Gasteiger partial charge in [0.1, 0.15) is 0 Å². The Morgan fingerprint density at radius 2 is 2.10 bits per heavy atom. The molecule has 0 bridgehead atoms. The van der Waals surface area contributed by atoms with Gasteiger partial charge in [-0.25, -0.2) is 4.79 Å². The second-order valence-electron chi connectivity index (χ2n) is 1.73. The van der Waals surface area contributed by atoms with Crippen molar-refractivity contribution in [3.05, 3.63) is 12.2 Å². The van der Waals surface area contributed by atoms with Gasteiger partial charge in [0.25, 0.3) is 0 Å². The predicted molar refractivity (Wildman–Crippen MR) is 41.2 cm³/mol. The summed E-state index contributed by atoms with van der Waals surface area (Å²) < 4.78 is 4.54. The number of hydrogen-bond acceptors (Lipinski definition) is 3. The average molecular weight is 166 g/mol. The van der Waals surface area contributed by atoms with Crippen LogP contribution in [0.1, 0.15) is 13.8 Å². The van der Waals surface area contributed by atoms with E-state index >= 15 is 0 Å². The van der Waals surface area contributed by atoms with E-state index in [9.17, 15) is 4.79 Å². The average Bonchev–Trinajstić information content (AvgIpc) is 1.63. The van der Waals surface area contributed by atoms with E-state index in [1.54, 1.807) is 13.8 Å². The Kier molecular flexibility index (Phi) is 6.40. The van der Waals surface area contributed by atoms with Crippen LogP contribution in [-0.2, 0) is 9.53 Å². The smallest absolute Gasteiger partial charge is 0.334 e. The molecular weight excluding hydrogens is 154 g/mol. The molecule has 0 fully saturated rings. The Morgan fingerprint density at radius 3 is 2.20 bits per heavy atom. The zero-order valence-corrected chi connectivity index (χ0v) is 6.94. The van der Waals surface area contributed by atoms with E-state index in [0.717, 1.165) is 0 Å².